The first-order chi connectivity index (χ1) is 14.9. The van der Waals surface area contributed by atoms with E-state index in [1.165, 1.54) is 25.1 Å². The van der Waals surface area contributed by atoms with E-state index < -0.39 is 17.8 Å². The minimum Gasteiger partial charge on any atom is -0.324 e. The smallest absolute Gasteiger partial charge is 0.254 e. The van der Waals surface area contributed by atoms with Gasteiger partial charge < -0.3 is 15.5 Å². The molecule has 0 spiro atoms. The molecule has 31 heavy (non-hydrogen) atoms. The summed E-state index contributed by atoms with van der Waals surface area (Å²) in [7, 11) is 0. The molecule has 0 bridgehead atoms. The number of fused-ring (bicyclic) bond motifs is 1. The van der Waals surface area contributed by atoms with E-state index in [1.54, 1.807) is 17.0 Å². The third kappa shape index (κ3) is 4.45. The lowest BCUT2D eigenvalue weighted by molar-refractivity contribution is -0.120. The largest absolute Gasteiger partial charge is 0.324 e. The minimum atomic E-state index is -0.588. The van der Waals surface area contributed by atoms with E-state index in [9.17, 15) is 18.8 Å². The van der Waals surface area contributed by atoms with Gasteiger partial charge in [0.1, 0.15) is 11.9 Å². The summed E-state index contributed by atoms with van der Waals surface area (Å²) in [5, 5.41) is 5.24. The van der Waals surface area contributed by atoms with Crippen LogP contribution in [0.2, 0.25) is 0 Å². The SMILES string of the molecule is CC(=O)Nc1cc(NC(=O)C2CC3CCCCC3N2C(=O)c2ccccc2)ccc1F. The maximum atomic E-state index is 13.9. The Morgan fingerprint density at radius 1 is 1.00 bits per heavy atom. The Morgan fingerprint density at radius 3 is 2.48 bits per heavy atom. The number of halogens is 1. The van der Waals surface area contributed by atoms with Gasteiger partial charge in [-0.2, -0.15) is 0 Å². The van der Waals surface area contributed by atoms with Crippen molar-refractivity contribution in [2.45, 2.75) is 51.1 Å². The number of carbonyl (C=O) groups is 3. The van der Waals surface area contributed by atoms with Gasteiger partial charge in [-0.1, -0.05) is 31.0 Å². The Hall–Kier alpha value is -3.22. The summed E-state index contributed by atoms with van der Waals surface area (Å²) in [6, 6.07) is 12.5. The highest BCUT2D eigenvalue weighted by molar-refractivity contribution is 6.02. The molecule has 2 aliphatic rings. The second-order valence-corrected chi connectivity index (χ2v) is 8.31. The lowest BCUT2D eigenvalue weighted by atomic mass is 9.84. The quantitative estimate of drug-likeness (QED) is 0.774. The van der Waals surface area contributed by atoms with Gasteiger partial charge >= 0.3 is 0 Å². The summed E-state index contributed by atoms with van der Waals surface area (Å²) in [5.41, 5.74) is 0.945. The fraction of sp³-hybridized carbons (Fsp3) is 0.375. The van der Waals surface area contributed by atoms with E-state index in [2.05, 4.69) is 10.6 Å². The van der Waals surface area contributed by atoms with Crippen molar-refractivity contribution < 1.29 is 18.8 Å². The van der Waals surface area contributed by atoms with Crippen LogP contribution in [-0.2, 0) is 9.59 Å². The maximum Gasteiger partial charge on any atom is 0.254 e. The number of likely N-dealkylation sites (tertiary alicyclic amines) is 1. The van der Waals surface area contributed by atoms with Gasteiger partial charge in [0.25, 0.3) is 5.91 Å². The van der Waals surface area contributed by atoms with Gasteiger partial charge in [-0.3, -0.25) is 14.4 Å². The third-order valence-electron chi connectivity index (χ3n) is 6.19. The van der Waals surface area contributed by atoms with Crippen LogP contribution in [0.4, 0.5) is 15.8 Å². The van der Waals surface area contributed by atoms with Crippen molar-refractivity contribution >= 4 is 29.1 Å². The van der Waals surface area contributed by atoms with Crippen LogP contribution in [0.15, 0.2) is 48.5 Å². The lowest BCUT2D eigenvalue weighted by Crippen LogP contribution is -2.47. The second kappa shape index (κ2) is 8.88. The Balaban J connectivity index is 1.58. The molecular formula is C24H26FN3O3. The van der Waals surface area contributed by atoms with Crippen molar-refractivity contribution in [2.75, 3.05) is 10.6 Å². The van der Waals surface area contributed by atoms with E-state index in [0.29, 0.717) is 23.6 Å². The molecule has 1 aliphatic heterocycles. The molecule has 1 heterocycles. The molecule has 1 saturated carbocycles. The number of nitrogens with zero attached hydrogens (tertiary/aromatic N) is 1. The molecular weight excluding hydrogens is 397 g/mol. The number of rotatable bonds is 4. The van der Waals surface area contributed by atoms with Crippen molar-refractivity contribution in [1.82, 2.24) is 4.90 Å². The number of benzene rings is 2. The van der Waals surface area contributed by atoms with Crippen LogP contribution >= 0.6 is 0 Å². The fourth-order valence-corrected chi connectivity index (χ4v) is 4.83. The first-order valence-corrected chi connectivity index (χ1v) is 10.7. The topological polar surface area (TPSA) is 78.5 Å². The molecule has 6 nitrogen and oxygen atoms in total. The molecule has 0 aromatic heterocycles. The van der Waals surface area contributed by atoms with Gasteiger partial charge in [-0.15, -0.1) is 0 Å². The third-order valence-corrected chi connectivity index (χ3v) is 6.19. The van der Waals surface area contributed by atoms with E-state index in [4.69, 9.17) is 0 Å². The molecule has 2 N–H and O–H groups in total. The Kier molecular flexibility index (Phi) is 6.02. The number of carbonyl (C=O) groups excluding carboxylic acids is 3. The molecule has 2 fully saturated rings. The van der Waals surface area contributed by atoms with Gasteiger partial charge in [-0.05, 0) is 55.5 Å². The number of amides is 3. The standard InChI is InChI=1S/C24H26FN3O3/c1-15(29)26-20-14-18(11-12-19(20)25)27-23(30)22-13-17-9-5-6-10-21(17)28(22)24(31)16-7-3-2-4-8-16/h2-4,7-8,11-12,14,17,21-22H,5-6,9-10,13H2,1H3,(H,26,29)(H,27,30). The first-order valence-electron chi connectivity index (χ1n) is 10.7. The van der Waals surface area contributed by atoms with Crippen LogP contribution in [0.1, 0.15) is 49.4 Å². The summed E-state index contributed by atoms with van der Waals surface area (Å²) in [6.45, 7) is 1.29. The molecule has 0 radical (unpaired) electrons. The zero-order chi connectivity index (χ0) is 22.0. The number of hydrogen-bond donors (Lipinski definition) is 2. The average Bonchev–Trinajstić information content (AvgIpc) is 3.15. The highest BCUT2D eigenvalue weighted by atomic mass is 19.1. The Labute approximate surface area is 180 Å². The van der Waals surface area contributed by atoms with E-state index in [1.807, 2.05) is 18.2 Å². The molecule has 1 aliphatic carbocycles. The van der Waals surface area contributed by atoms with Crippen LogP contribution in [0, 0.1) is 11.7 Å². The van der Waals surface area contributed by atoms with Crippen molar-refractivity contribution in [1.29, 1.82) is 0 Å². The van der Waals surface area contributed by atoms with Crippen molar-refractivity contribution in [3.63, 3.8) is 0 Å². The van der Waals surface area contributed by atoms with Crippen LogP contribution in [0.25, 0.3) is 0 Å². The lowest BCUT2D eigenvalue weighted by Gasteiger charge is -2.33. The summed E-state index contributed by atoms with van der Waals surface area (Å²) < 4.78 is 13.9. The maximum absolute atomic E-state index is 13.9. The Bertz CT molecular complexity index is 995. The zero-order valence-electron chi connectivity index (χ0n) is 17.4. The summed E-state index contributed by atoms with van der Waals surface area (Å²) in [6.07, 6.45) is 4.69. The molecule has 162 valence electrons. The number of nitrogens with one attached hydrogen (secondary N) is 2. The molecule has 3 atom stereocenters. The number of hydrogen-bond acceptors (Lipinski definition) is 3. The molecule has 2 aromatic rings. The van der Waals surface area contributed by atoms with Crippen molar-refractivity contribution in [3.8, 4) is 0 Å². The monoisotopic (exact) mass is 423 g/mol. The highest BCUT2D eigenvalue weighted by Gasteiger charge is 2.47. The normalized spacial score (nSPS) is 22.5. The average molecular weight is 423 g/mol. The van der Waals surface area contributed by atoms with Crippen molar-refractivity contribution in [3.05, 3.63) is 59.9 Å². The van der Waals surface area contributed by atoms with Gasteiger partial charge in [-0.25, -0.2) is 4.39 Å². The second-order valence-electron chi connectivity index (χ2n) is 8.31. The predicted octanol–water partition coefficient (Wildman–Crippen LogP) is 4.20. The van der Waals surface area contributed by atoms with Gasteiger partial charge in [0.05, 0.1) is 5.69 Å². The van der Waals surface area contributed by atoms with Gasteiger partial charge in [0.2, 0.25) is 11.8 Å². The van der Waals surface area contributed by atoms with E-state index in [0.717, 1.165) is 25.7 Å². The molecule has 1 saturated heterocycles. The van der Waals surface area contributed by atoms with Crippen molar-refractivity contribution in [2.24, 2.45) is 5.92 Å². The molecule has 3 amide bonds. The summed E-state index contributed by atoms with van der Waals surface area (Å²) in [4.78, 5) is 39.6. The first kappa shape index (κ1) is 21.0. The van der Waals surface area contributed by atoms with Gasteiger partial charge in [0.15, 0.2) is 0 Å². The van der Waals surface area contributed by atoms with Gasteiger partial charge in [0, 0.05) is 24.2 Å². The molecule has 7 heteroatoms. The fourth-order valence-electron chi connectivity index (χ4n) is 4.83. The molecule has 2 aromatic carbocycles. The minimum absolute atomic E-state index is 0.00242. The molecule has 4 rings (SSSR count). The molecule has 3 unspecified atom stereocenters. The van der Waals surface area contributed by atoms with Crippen LogP contribution in [0.5, 0.6) is 0 Å². The van der Waals surface area contributed by atoms with E-state index >= 15 is 0 Å². The van der Waals surface area contributed by atoms with E-state index in [-0.39, 0.29) is 23.5 Å². The van der Waals surface area contributed by atoms with Crippen LogP contribution in [-0.4, -0.2) is 34.7 Å². The summed E-state index contributed by atoms with van der Waals surface area (Å²) >= 11 is 0. The zero-order valence-corrected chi connectivity index (χ0v) is 17.4. The number of anilines is 2. The predicted molar refractivity (Wildman–Crippen MR) is 116 cm³/mol. The highest BCUT2D eigenvalue weighted by Crippen LogP contribution is 2.41. The summed E-state index contributed by atoms with van der Waals surface area (Å²) in [5.74, 6) is -1.10. The Morgan fingerprint density at radius 2 is 1.74 bits per heavy atom. The van der Waals surface area contributed by atoms with Crippen LogP contribution in [0.3, 0.4) is 0 Å². The van der Waals surface area contributed by atoms with Crippen LogP contribution < -0.4 is 10.6 Å².